The molecule has 6 nitrogen and oxygen atoms in total. The van der Waals surface area contributed by atoms with E-state index in [2.05, 4.69) is 15.8 Å². The van der Waals surface area contributed by atoms with Crippen LogP contribution in [-0.2, 0) is 11.4 Å². The summed E-state index contributed by atoms with van der Waals surface area (Å²) in [5.41, 5.74) is 5.36. The molecule has 0 unspecified atom stereocenters. The predicted molar refractivity (Wildman–Crippen MR) is 151 cm³/mol. The fourth-order valence-electron chi connectivity index (χ4n) is 3.71. The summed E-state index contributed by atoms with van der Waals surface area (Å²) in [5.74, 6) is -0.0901. The summed E-state index contributed by atoms with van der Waals surface area (Å²) in [6.45, 7) is 0.301. The minimum absolute atomic E-state index is 0.00635. The van der Waals surface area contributed by atoms with Gasteiger partial charge >= 0.3 is 0 Å². The lowest BCUT2D eigenvalue weighted by Crippen LogP contribution is -2.32. The summed E-state index contributed by atoms with van der Waals surface area (Å²) in [4.78, 5) is 25.5. The van der Waals surface area contributed by atoms with Crippen molar-refractivity contribution in [3.63, 3.8) is 0 Å². The van der Waals surface area contributed by atoms with E-state index in [0.717, 1.165) is 11.1 Å². The second-order valence-electron chi connectivity index (χ2n) is 8.40. The summed E-state index contributed by atoms with van der Waals surface area (Å²) in [6.07, 6.45) is 1.46. The highest BCUT2D eigenvalue weighted by Crippen LogP contribution is 2.23. The van der Waals surface area contributed by atoms with Crippen LogP contribution in [0.15, 0.2) is 108 Å². The van der Waals surface area contributed by atoms with Crippen LogP contribution in [0.25, 0.3) is 0 Å². The normalized spacial score (nSPS) is 11.6. The summed E-state index contributed by atoms with van der Waals surface area (Å²) in [5, 5.41) is 8.17. The van der Waals surface area contributed by atoms with E-state index in [1.807, 2.05) is 54.6 Å². The summed E-state index contributed by atoms with van der Waals surface area (Å²) in [6, 6.07) is 30.2. The average molecular weight is 546 g/mol. The molecule has 0 saturated carbocycles. The molecule has 2 N–H and O–H groups in total. The van der Waals surface area contributed by atoms with Crippen molar-refractivity contribution in [3.05, 3.63) is 135 Å². The van der Waals surface area contributed by atoms with Gasteiger partial charge in [-0.25, -0.2) is 5.43 Å². The van der Waals surface area contributed by atoms with Gasteiger partial charge in [-0.1, -0.05) is 83.9 Å². The van der Waals surface area contributed by atoms with Crippen LogP contribution in [0.5, 0.6) is 5.75 Å². The van der Waals surface area contributed by atoms with Gasteiger partial charge in [0.25, 0.3) is 5.91 Å². The molecule has 4 aromatic rings. The summed E-state index contributed by atoms with van der Waals surface area (Å²) < 4.78 is 5.93. The van der Waals surface area contributed by atoms with E-state index in [1.54, 1.807) is 48.5 Å². The van der Waals surface area contributed by atoms with Crippen LogP contribution in [0.1, 0.15) is 39.5 Å². The fraction of sp³-hybridized carbons (Fsp3) is 0.100. The maximum Gasteiger partial charge on any atom is 0.251 e. The average Bonchev–Trinajstić information content (AvgIpc) is 2.93. The molecule has 0 aromatic heterocycles. The third kappa shape index (κ3) is 7.93. The van der Waals surface area contributed by atoms with E-state index in [9.17, 15) is 9.59 Å². The van der Waals surface area contributed by atoms with E-state index in [0.29, 0.717) is 33.5 Å². The van der Waals surface area contributed by atoms with Gasteiger partial charge in [0.15, 0.2) is 0 Å². The van der Waals surface area contributed by atoms with Crippen molar-refractivity contribution < 1.29 is 14.3 Å². The van der Waals surface area contributed by atoms with Gasteiger partial charge in [-0.15, -0.1) is 0 Å². The molecular weight excluding hydrogens is 521 g/mol. The van der Waals surface area contributed by atoms with Gasteiger partial charge in [-0.05, 0) is 53.6 Å². The summed E-state index contributed by atoms with van der Waals surface area (Å²) in [7, 11) is 0. The predicted octanol–water partition coefficient (Wildman–Crippen LogP) is 6.58. The standard InChI is InChI=1S/C30H25Cl2N3O3/c31-25-13-7-8-21(16-25)20-38-28-15-14-26(32)17-24(28)19-33-35-29(36)18-27(22-9-3-1-4-10-22)34-30(37)23-11-5-2-6-12-23/h1-17,19,27H,18,20H2,(H,34,37)(H,35,36)/b33-19-/t27-/m0/s1. The van der Waals surface area contributed by atoms with E-state index >= 15 is 0 Å². The molecule has 2 amide bonds. The van der Waals surface area contributed by atoms with E-state index < -0.39 is 6.04 Å². The minimum atomic E-state index is -0.540. The number of carbonyl (C=O) groups excluding carboxylic acids is 2. The third-order valence-electron chi connectivity index (χ3n) is 5.58. The Morgan fingerprint density at radius 3 is 2.29 bits per heavy atom. The first-order chi connectivity index (χ1) is 18.5. The molecule has 0 heterocycles. The van der Waals surface area contributed by atoms with Gasteiger partial charge in [0.1, 0.15) is 12.4 Å². The third-order valence-corrected chi connectivity index (χ3v) is 6.05. The second kappa shape index (κ2) is 13.4. The number of ether oxygens (including phenoxy) is 1. The zero-order chi connectivity index (χ0) is 26.7. The Hall–Kier alpha value is -4.13. The number of nitrogens with zero attached hydrogens (tertiary/aromatic N) is 1. The van der Waals surface area contributed by atoms with Crippen molar-refractivity contribution in [1.29, 1.82) is 0 Å². The van der Waals surface area contributed by atoms with Crippen molar-refractivity contribution in [2.75, 3.05) is 0 Å². The Bertz CT molecular complexity index is 1410. The number of amides is 2. The molecule has 1 atom stereocenters. The molecule has 0 aliphatic heterocycles. The molecule has 192 valence electrons. The highest BCUT2D eigenvalue weighted by atomic mass is 35.5. The number of hydrogen-bond acceptors (Lipinski definition) is 4. The molecule has 0 fully saturated rings. The van der Waals surface area contributed by atoms with Gasteiger partial charge in [0.05, 0.1) is 18.7 Å². The first-order valence-electron chi connectivity index (χ1n) is 11.9. The molecule has 0 aliphatic carbocycles. The molecule has 0 spiro atoms. The molecule has 0 radical (unpaired) electrons. The molecular formula is C30H25Cl2N3O3. The molecule has 0 aliphatic rings. The highest BCUT2D eigenvalue weighted by molar-refractivity contribution is 6.31. The Morgan fingerprint density at radius 1 is 0.842 bits per heavy atom. The van der Waals surface area contributed by atoms with E-state index in [-0.39, 0.29) is 18.2 Å². The SMILES string of the molecule is O=C(C[C@H](NC(=O)c1ccccc1)c1ccccc1)N/N=C\c1cc(Cl)ccc1OCc1cccc(Cl)c1. The maximum atomic E-state index is 12.8. The number of halogens is 2. The molecule has 4 rings (SSSR count). The van der Waals surface area contributed by atoms with Crippen LogP contribution in [0.3, 0.4) is 0 Å². The van der Waals surface area contributed by atoms with Crippen LogP contribution in [0.4, 0.5) is 0 Å². The summed E-state index contributed by atoms with van der Waals surface area (Å²) >= 11 is 12.2. The van der Waals surface area contributed by atoms with E-state index in [4.69, 9.17) is 27.9 Å². The Morgan fingerprint density at radius 2 is 1.55 bits per heavy atom. The highest BCUT2D eigenvalue weighted by Gasteiger charge is 2.19. The molecule has 38 heavy (non-hydrogen) atoms. The van der Waals surface area contributed by atoms with Crippen molar-refractivity contribution in [1.82, 2.24) is 10.7 Å². The quantitative estimate of drug-likeness (QED) is 0.174. The van der Waals surface area contributed by atoms with Gasteiger partial charge in [0, 0.05) is 21.2 Å². The first kappa shape index (κ1) is 26.9. The Kier molecular flexibility index (Phi) is 9.51. The van der Waals surface area contributed by atoms with E-state index in [1.165, 1.54) is 6.21 Å². The van der Waals surface area contributed by atoms with Crippen molar-refractivity contribution in [3.8, 4) is 5.75 Å². The van der Waals surface area contributed by atoms with Crippen LogP contribution in [0.2, 0.25) is 10.0 Å². The molecule has 0 bridgehead atoms. The van der Waals surface area contributed by atoms with Crippen LogP contribution >= 0.6 is 23.2 Å². The van der Waals surface area contributed by atoms with Crippen LogP contribution < -0.4 is 15.5 Å². The number of hydrogen-bond donors (Lipinski definition) is 2. The molecule has 8 heteroatoms. The number of rotatable bonds is 10. The van der Waals surface area contributed by atoms with Crippen molar-refractivity contribution >= 4 is 41.2 Å². The monoisotopic (exact) mass is 545 g/mol. The number of hydrazone groups is 1. The zero-order valence-electron chi connectivity index (χ0n) is 20.3. The lowest BCUT2D eigenvalue weighted by Gasteiger charge is -2.18. The lowest BCUT2D eigenvalue weighted by molar-refractivity contribution is -0.121. The first-order valence-corrected chi connectivity index (χ1v) is 12.6. The lowest BCUT2D eigenvalue weighted by atomic mass is 10.0. The van der Waals surface area contributed by atoms with Crippen LogP contribution in [0, 0.1) is 0 Å². The number of nitrogens with one attached hydrogen (secondary N) is 2. The van der Waals surface area contributed by atoms with Gasteiger partial charge in [0.2, 0.25) is 5.91 Å². The fourth-order valence-corrected chi connectivity index (χ4v) is 4.11. The maximum absolute atomic E-state index is 12.8. The van der Waals surface area contributed by atoms with Crippen LogP contribution in [-0.4, -0.2) is 18.0 Å². The smallest absolute Gasteiger partial charge is 0.251 e. The Balaban J connectivity index is 1.41. The number of benzene rings is 4. The molecule has 0 saturated heterocycles. The van der Waals surface area contributed by atoms with Crippen molar-refractivity contribution in [2.45, 2.75) is 19.1 Å². The Labute approximate surface area is 231 Å². The zero-order valence-corrected chi connectivity index (χ0v) is 21.8. The minimum Gasteiger partial charge on any atom is -0.488 e. The van der Waals surface area contributed by atoms with Gasteiger partial charge in [-0.3, -0.25) is 9.59 Å². The van der Waals surface area contributed by atoms with Crippen molar-refractivity contribution in [2.24, 2.45) is 5.10 Å². The number of carbonyl (C=O) groups is 2. The molecule has 4 aromatic carbocycles. The van der Waals surface area contributed by atoms with Gasteiger partial charge < -0.3 is 10.1 Å². The van der Waals surface area contributed by atoms with Gasteiger partial charge in [-0.2, -0.15) is 5.10 Å². The topological polar surface area (TPSA) is 79.8 Å². The second-order valence-corrected chi connectivity index (χ2v) is 9.27. The largest absolute Gasteiger partial charge is 0.488 e.